The fourth-order valence-electron chi connectivity index (χ4n) is 1.44. The zero-order valence-electron chi connectivity index (χ0n) is 8.77. The number of nitriles is 1. The molecule has 4 heteroatoms. The third-order valence-corrected chi connectivity index (χ3v) is 2.77. The summed E-state index contributed by atoms with van der Waals surface area (Å²) in [7, 11) is 0. The van der Waals surface area contributed by atoms with E-state index in [1.54, 1.807) is 48.5 Å². The first kappa shape index (κ1) is 11.8. The van der Waals surface area contributed by atoms with Crippen LogP contribution in [0.25, 0.3) is 0 Å². The van der Waals surface area contributed by atoms with Crippen LogP contribution >= 0.6 is 23.2 Å². The van der Waals surface area contributed by atoms with Gasteiger partial charge in [-0.3, -0.25) is 0 Å². The number of hydrogen-bond donors (Lipinski definition) is 0. The van der Waals surface area contributed by atoms with E-state index in [1.165, 1.54) is 4.90 Å². The molecule has 2 rings (SSSR count). The lowest BCUT2D eigenvalue weighted by molar-refractivity contribution is 1.27. The quantitative estimate of drug-likeness (QED) is 0.584. The van der Waals surface area contributed by atoms with Gasteiger partial charge in [0.15, 0.2) is 6.19 Å². The van der Waals surface area contributed by atoms with Crippen LogP contribution in [0, 0.1) is 11.5 Å². The molecule has 0 spiro atoms. The van der Waals surface area contributed by atoms with Crippen LogP contribution in [0.3, 0.4) is 0 Å². The van der Waals surface area contributed by atoms with Gasteiger partial charge in [-0.25, -0.2) is 4.90 Å². The van der Waals surface area contributed by atoms with E-state index in [2.05, 4.69) is 6.19 Å². The summed E-state index contributed by atoms with van der Waals surface area (Å²) >= 11 is 11.6. The lowest BCUT2D eigenvalue weighted by atomic mass is 10.2. The Kier molecular flexibility index (Phi) is 3.53. The second kappa shape index (κ2) is 5.09. The second-order valence-electron chi connectivity index (χ2n) is 3.39. The molecule has 0 saturated heterocycles. The van der Waals surface area contributed by atoms with E-state index >= 15 is 0 Å². The zero-order valence-corrected chi connectivity index (χ0v) is 10.3. The highest BCUT2D eigenvalue weighted by Gasteiger charge is 2.07. The number of rotatable bonds is 2. The minimum atomic E-state index is 0.641. The monoisotopic (exact) mass is 262 g/mol. The fourth-order valence-corrected chi connectivity index (χ4v) is 1.70. The normalized spacial score (nSPS) is 9.71. The SMILES string of the molecule is N#CN(c1ccc(Cl)cc1)c1ccc(Cl)cc1. The van der Waals surface area contributed by atoms with Gasteiger partial charge in [0.25, 0.3) is 0 Å². The summed E-state index contributed by atoms with van der Waals surface area (Å²) in [5, 5.41) is 10.5. The van der Waals surface area contributed by atoms with Gasteiger partial charge in [-0.2, -0.15) is 5.26 Å². The third-order valence-electron chi connectivity index (χ3n) is 2.27. The first-order chi connectivity index (χ1) is 8.20. The Hall–Kier alpha value is -1.69. The molecule has 0 atom stereocenters. The average molecular weight is 263 g/mol. The van der Waals surface area contributed by atoms with E-state index in [-0.39, 0.29) is 0 Å². The Labute approximate surface area is 110 Å². The lowest BCUT2D eigenvalue weighted by Crippen LogP contribution is -2.08. The van der Waals surface area contributed by atoms with Crippen molar-refractivity contribution in [3.63, 3.8) is 0 Å². The van der Waals surface area contributed by atoms with Crippen molar-refractivity contribution < 1.29 is 0 Å². The van der Waals surface area contributed by atoms with E-state index in [0.29, 0.717) is 10.0 Å². The summed E-state index contributed by atoms with van der Waals surface area (Å²) in [6.07, 6.45) is 2.12. The van der Waals surface area contributed by atoms with E-state index in [4.69, 9.17) is 23.2 Å². The molecule has 2 nitrogen and oxygen atoms in total. The molecular formula is C13H8Cl2N2. The molecule has 2 aromatic carbocycles. The van der Waals surface area contributed by atoms with Gasteiger partial charge < -0.3 is 0 Å². The summed E-state index contributed by atoms with van der Waals surface area (Å²) in [6, 6.07) is 14.2. The van der Waals surface area contributed by atoms with E-state index < -0.39 is 0 Å². The van der Waals surface area contributed by atoms with Crippen molar-refractivity contribution in [1.82, 2.24) is 0 Å². The highest BCUT2D eigenvalue weighted by atomic mass is 35.5. The zero-order chi connectivity index (χ0) is 12.3. The summed E-state index contributed by atoms with van der Waals surface area (Å²) < 4.78 is 0. The fraction of sp³-hybridized carbons (Fsp3) is 0. The minimum absolute atomic E-state index is 0.641. The molecule has 0 aliphatic heterocycles. The predicted octanol–water partition coefficient (Wildman–Crippen LogP) is 4.61. The highest BCUT2D eigenvalue weighted by Crippen LogP contribution is 2.26. The van der Waals surface area contributed by atoms with Crippen LogP contribution in [-0.4, -0.2) is 0 Å². The Morgan fingerprint density at radius 1 is 0.765 bits per heavy atom. The van der Waals surface area contributed by atoms with Crippen LogP contribution in [0.5, 0.6) is 0 Å². The Bertz CT molecular complexity index is 496. The van der Waals surface area contributed by atoms with Crippen LogP contribution < -0.4 is 4.90 Å². The molecule has 0 aromatic heterocycles. The maximum absolute atomic E-state index is 9.18. The van der Waals surface area contributed by atoms with E-state index in [0.717, 1.165) is 11.4 Å². The van der Waals surface area contributed by atoms with Gasteiger partial charge in [0, 0.05) is 10.0 Å². The van der Waals surface area contributed by atoms with Gasteiger partial charge in [0.1, 0.15) is 0 Å². The largest absolute Gasteiger partial charge is 0.248 e. The van der Waals surface area contributed by atoms with E-state index in [9.17, 15) is 5.26 Å². The second-order valence-corrected chi connectivity index (χ2v) is 4.26. The number of halogens is 2. The summed E-state index contributed by atoms with van der Waals surface area (Å²) in [4.78, 5) is 1.51. The smallest absolute Gasteiger partial charge is 0.189 e. The average Bonchev–Trinajstić information content (AvgIpc) is 2.35. The molecule has 0 amide bonds. The molecule has 0 heterocycles. The third kappa shape index (κ3) is 2.71. The molecule has 0 fully saturated rings. The van der Waals surface area contributed by atoms with E-state index in [1.807, 2.05) is 0 Å². The van der Waals surface area contributed by atoms with Crippen LogP contribution in [0.2, 0.25) is 10.0 Å². The molecule has 0 saturated carbocycles. The molecule has 2 aromatic rings. The van der Waals surface area contributed by atoms with Gasteiger partial charge in [0.2, 0.25) is 0 Å². The van der Waals surface area contributed by atoms with Crippen LogP contribution in [0.4, 0.5) is 11.4 Å². The Morgan fingerprint density at radius 2 is 1.12 bits per heavy atom. The van der Waals surface area contributed by atoms with Crippen LogP contribution in [0.1, 0.15) is 0 Å². The van der Waals surface area contributed by atoms with Crippen molar-refractivity contribution in [2.24, 2.45) is 0 Å². The minimum Gasteiger partial charge on any atom is -0.248 e. The first-order valence-corrected chi connectivity index (χ1v) is 5.67. The topological polar surface area (TPSA) is 27.0 Å². The molecule has 0 radical (unpaired) electrons. The molecule has 0 unspecified atom stereocenters. The first-order valence-electron chi connectivity index (χ1n) is 4.92. The molecule has 0 bridgehead atoms. The lowest BCUT2D eigenvalue weighted by Gasteiger charge is -2.15. The number of benzene rings is 2. The van der Waals surface area contributed by atoms with Crippen LogP contribution in [-0.2, 0) is 0 Å². The molecule has 17 heavy (non-hydrogen) atoms. The number of hydrogen-bond acceptors (Lipinski definition) is 2. The van der Waals surface area contributed by atoms with Crippen molar-refractivity contribution in [3.8, 4) is 6.19 Å². The Balaban J connectivity index is 2.37. The van der Waals surface area contributed by atoms with Crippen molar-refractivity contribution in [2.45, 2.75) is 0 Å². The van der Waals surface area contributed by atoms with Gasteiger partial charge in [0.05, 0.1) is 11.4 Å². The van der Waals surface area contributed by atoms with Crippen molar-refractivity contribution in [1.29, 1.82) is 5.26 Å². The molecular weight excluding hydrogens is 255 g/mol. The summed E-state index contributed by atoms with van der Waals surface area (Å²) in [6.45, 7) is 0. The maximum Gasteiger partial charge on any atom is 0.189 e. The molecule has 84 valence electrons. The van der Waals surface area contributed by atoms with Crippen molar-refractivity contribution in [3.05, 3.63) is 58.6 Å². The Morgan fingerprint density at radius 3 is 1.41 bits per heavy atom. The number of nitrogens with zero attached hydrogens (tertiary/aromatic N) is 2. The molecule has 0 aliphatic carbocycles. The van der Waals surface area contributed by atoms with Gasteiger partial charge in [-0.05, 0) is 48.5 Å². The predicted molar refractivity (Wildman–Crippen MR) is 70.7 cm³/mol. The molecule has 0 N–H and O–H groups in total. The van der Waals surface area contributed by atoms with Crippen LogP contribution in [0.15, 0.2) is 48.5 Å². The standard InChI is InChI=1S/C13H8Cl2N2/c14-10-1-5-12(6-2-10)17(9-16)13-7-3-11(15)4-8-13/h1-8H. The maximum atomic E-state index is 9.18. The van der Waals surface area contributed by atoms with Gasteiger partial charge in [-0.1, -0.05) is 23.2 Å². The summed E-state index contributed by atoms with van der Waals surface area (Å²) in [5.74, 6) is 0. The van der Waals surface area contributed by atoms with Crippen molar-refractivity contribution >= 4 is 34.6 Å². The van der Waals surface area contributed by atoms with Crippen molar-refractivity contribution in [2.75, 3.05) is 4.90 Å². The van der Waals surface area contributed by atoms with Gasteiger partial charge >= 0.3 is 0 Å². The summed E-state index contributed by atoms with van der Waals surface area (Å²) in [5.41, 5.74) is 1.53. The number of anilines is 2. The highest BCUT2D eigenvalue weighted by molar-refractivity contribution is 6.31. The van der Waals surface area contributed by atoms with Gasteiger partial charge in [-0.15, -0.1) is 0 Å². The molecule has 0 aliphatic rings.